The summed E-state index contributed by atoms with van der Waals surface area (Å²) < 4.78 is 5.44. The second-order valence-corrected chi connectivity index (χ2v) is 9.15. The van der Waals surface area contributed by atoms with Crippen molar-refractivity contribution >= 4 is 6.16 Å². The van der Waals surface area contributed by atoms with Crippen molar-refractivity contribution < 1.29 is 14.6 Å². The summed E-state index contributed by atoms with van der Waals surface area (Å²) in [4.78, 5) is 11.6. The maximum atomic E-state index is 11.6. The third-order valence-corrected chi connectivity index (χ3v) is 6.52. The molecule has 2 rings (SSSR count). The highest BCUT2D eigenvalue weighted by Gasteiger charge is 2.22. The Hall–Kier alpha value is -2.29. The molecule has 0 spiro atoms. The first-order valence-electron chi connectivity index (χ1n) is 13.2. The lowest BCUT2D eigenvalue weighted by molar-refractivity contribution is 0.144. The first-order valence-corrected chi connectivity index (χ1v) is 13.2. The van der Waals surface area contributed by atoms with Crippen LogP contribution >= 0.6 is 0 Å². The zero-order valence-corrected chi connectivity index (χ0v) is 21.3. The van der Waals surface area contributed by atoms with Crippen LogP contribution in [-0.2, 0) is 25.7 Å². The molecule has 33 heavy (non-hydrogen) atoms. The number of carbonyl (C=O) groups is 1. The molecule has 0 atom stereocenters. The van der Waals surface area contributed by atoms with E-state index in [0.29, 0.717) is 5.75 Å². The van der Waals surface area contributed by atoms with E-state index in [4.69, 9.17) is 4.74 Å². The van der Waals surface area contributed by atoms with Crippen LogP contribution in [0.4, 0.5) is 4.79 Å². The van der Waals surface area contributed by atoms with Crippen LogP contribution in [-0.4, -0.2) is 11.3 Å². The molecule has 2 aromatic rings. The molecule has 1 N–H and O–H groups in total. The Balaban J connectivity index is 2.75. The van der Waals surface area contributed by atoms with E-state index in [1.165, 1.54) is 47.1 Å². The van der Waals surface area contributed by atoms with E-state index in [0.717, 1.165) is 69.8 Å². The summed E-state index contributed by atoms with van der Waals surface area (Å²) in [7, 11) is 0. The molecule has 0 aliphatic rings. The van der Waals surface area contributed by atoms with Gasteiger partial charge in [0.1, 0.15) is 5.75 Å². The smallest absolute Gasteiger partial charge is 0.449 e. The van der Waals surface area contributed by atoms with Crippen LogP contribution < -0.4 is 4.74 Å². The number of hydrogen-bond acceptors (Lipinski definition) is 2. The quantitative estimate of drug-likeness (QED) is 0.166. The van der Waals surface area contributed by atoms with Crippen molar-refractivity contribution in [2.45, 2.75) is 111 Å². The first kappa shape index (κ1) is 27.0. The van der Waals surface area contributed by atoms with Crippen LogP contribution in [0.5, 0.6) is 5.75 Å². The molecule has 0 aromatic heterocycles. The molecule has 182 valence electrons. The summed E-state index contributed by atoms with van der Waals surface area (Å²) in [6.45, 7) is 8.88. The molecule has 3 heteroatoms. The van der Waals surface area contributed by atoms with Crippen LogP contribution in [0, 0.1) is 0 Å². The van der Waals surface area contributed by atoms with E-state index in [1.807, 2.05) is 6.07 Å². The minimum absolute atomic E-state index is 0.542. The van der Waals surface area contributed by atoms with Crippen molar-refractivity contribution in [3.05, 3.63) is 52.6 Å². The van der Waals surface area contributed by atoms with Gasteiger partial charge in [-0.1, -0.05) is 84.1 Å². The second-order valence-electron chi connectivity index (χ2n) is 9.15. The normalized spacial score (nSPS) is 11.0. The van der Waals surface area contributed by atoms with Gasteiger partial charge in [-0.15, -0.1) is 0 Å². The maximum Gasteiger partial charge on any atom is 0.511 e. The van der Waals surface area contributed by atoms with E-state index in [1.54, 1.807) is 0 Å². The number of hydrogen-bond donors (Lipinski definition) is 1. The topological polar surface area (TPSA) is 46.5 Å². The highest BCUT2D eigenvalue weighted by molar-refractivity contribution is 5.76. The van der Waals surface area contributed by atoms with Crippen molar-refractivity contribution in [3.63, 3.8) is 0 Å². The molecule has 3 nitrogen and oxygen atoms in total. The fourth-order valence-electron chi connectivity index (χ4n) is 4.71. The summed E-state index contributed by atoms with van der Waals surface area (Å²) in [5.41, 5.74) is 7.65. The maximum absolute atomic E-state index is 11.6. The van der Waals surface area contributed by atoms with Crippen molar-refractivity contribution in [1.82, 2.24) is 0 Å². The minimum atomic E-state index is -1.22. The first-order chi connectivity index (χ1) is 16.1. The SMILES string of the molecule is CCCCCc1ccccc1-c1cc(OC(=O)O)c(CCCC)c(CCCC)c1CCCC. The third kappa shape index (κ3) is 7.91. The van der Waals surface area contributed by atoms with Crippen LogP contribution in [0.2, 0.25) is 0 Å². The van der Waals surface area contributed by atoms with E-state index in [9.17, 15) is 9.90 Å². The molecule has 0 bridgehead atoms. The monoisotopic (exact) mass is 452 g/mol. The van der Waals surface area contributed by atoms with Gasteiger partial charge in [-0.25, -0.2) is 4.79 Å². The van der Waals surface area contributed by atoms with Crippen LogP contribution in [0.1, 0.15) is 108 Å². The molecule has 0 aliphatic carbocycles. The van der Waals surface area contributed by atoms with Gasteiger partial charge in [-0.3, -0.25) is 0 Å². The van der Waals surface area contributed by atoms with Crippen LogP contribution in [0.15, 0.2) is 30.3 Å². The Bertz CT molecular complexity index is 869. The van der Waals surface area contributed by atoms with Gasteiger partial charge in [0.05, 0.1) is 0 Å². The van der Waals surface area contributed by atoms with Gasteiger partial charge in [-0.2, -0.15) is 0 Å². The Labute approximate surface area is 201 Å². The number of ether oxygens (including phenoxy) is 1. The van der Waals surface area contributed by atoms with Gasteiger partial charge in [0, 0.05) is 0 Å². The fraction of sp³-hybridized carbons (Fsp3) is 0.567. The van der Waals surface area contributed by atoms with E-state index in [2.05, 4.69) is 52.0 Å². The van der Waals surface area contributed by atoms with Gasteiger partial charge < -0.3 is 9.84 Å². The van der Waals surface area contributed by atoms with E-state index < -0.39 is 6.16 Å². The van der Waals surface area contributed by atoms with Gasteiger partial charge in [0.2, 0.25) is 0 Å². The molecule has 0 heterocycles. The molecule has 0 aliphatic heterocycles. The standard InChI is InChI=1S/C30H44O3/c1-5-9-13-16-23-17-14-15-21-24(23)28-22-29(33-30(31)32)27(20-12-8-4)25(18-10-6-2)26(28)19-11-7-3/h14-15,17,21-22H,5-13,16,18-20H2,1-4H3,(H,31,32). The fourth-order valence-corrected chi connectivity index (χ4v) is 4.71. The number of aryl methyl sites for hydroxylation is 1. The molecule has 2 aromatic carbocycles. The average molecular weight is 453 g/mol. The van der Waals surface area contributed by atoms with Crippen LogP contribution in [0.25, 0.3) is 11.1 Å². The van der Waals surface area contributed by atoms with Gasteiger partial charge in [-0.05, 0) is 90.8 Å². The van der Waals surface area contributed by atoms with E-state index >= 15 is 0 Å². The highest BCUT2D eigenvalue weighted by atomic mass is 16.7. The average Bonchev–Trinajstić information content (AvgIpc) is 2.81. The lowest BCUT2D eigenvalue weighted by Crippen LogP contribution is -2.11. The molecular weight excluding hydrogens is 408 g/mol. The molecule has 0 radical (unpaired) electrons. The van der Waals surface area contributed by atoms with Crippen molar-refractivity contribution in [2.24, 2.45) is 0 Å². The number of benzene rings is 2. The Morgan fingerprint density at radius 2 is 1.27 bits per heavy atom. The highest BCUT2D eigenvalue weighted by Crippen LogP contribution is 2.39. The number of rotatable bonds is 15. The van der Waals surface area contributed by atoms with E-state index in [-0.39, 0.29) is 0 Å². The number of carboxylic acid groups (broad SMARTS) is 1. The Morgan fingerprint density at radius 1 is 0.697 bits per heavy atom. The molecule has 0 unspecified atom stereocenters. The van der Waals surface area contributed by atoms with Gasteiger partial charge in [0.15, 0.2) is 0 Å². The summed E-state index contributed by atoms with van der Waals surface area (Å²) in [5, 5.41) is 9.53. The Morgan fingerprint density at radius 3 is 1.88 bits per heavy atom. The van der Waals surface area contributed by atoms with Crippen molar-refractivity contribution in [1.29, 1.82) is 0 Å². The predicted octanol–water partition coefficient (Wildman–Crippen LogP) is 9.17. The largest absolute Gasteiger partial charge is 0.511 e. The zero-order chi connectivity index (χ0) is 24.1. The van der Waals surface area contributed by atoms with Crippen LogP contribution in [0.3, 0.4) is 0 Å². The predicted molar refractivity (Wildman–Crippen MR) is 140 cm³/mol. The Kier molecular flexibility index (Phi) is 12.1. The zero-order valence-electron chi connectivity index (χ0n) is 21.3. The molecule has 0 amide bonds. The third-order valence-electron chi connectivity index (χ3n) is 6.52. The lowest BCUT2D eigenvalue weighted by Gasteiger charge is -2.23. The van der Waals surface area contributed by atoms with Crippen molar-refractivity contribution in [3.8, 4) is 16.9 Å². The second kappa shape index (κ2) is 14.8. The molecule has 0 fully saturated rings. The molecule has 0 saturated heterocycles. The van der Waals surface area contributed by atoms with Crippen molar-refractivity contribution in [2.75, 3.05) is 0 Å². The molecule has 0 saturated carbocycles. The summed E-state index contributed by atoms with van der Waals surface area (Å²) in [6, 6.07) is 10.7. The molecular formula is C30H44O3. The lowest BCUT2D eigenvalue weighted by atomic mass is 9.83. The summed E-state index contributed by atoms with van der Waals surface area (Å²) >= 11 is 0. The number of unbranched alkanes of at least 4 members (excludes halogenated alkanes) is 5. The minimum Gasteiger partial charge on any atom is -0.449 e. The van der Waals surface area contributed by atoms with Gasteiger partial charge >= 0.3 is 6.16 Å². The summed E-state index contributed by atoms with van der Waals surface area (Å²) in [6.07, 6.45) is 12.9. The van der Waals surface area contributed by atoms with Gasteiger partial charge in [0.25, 0.3) is 0 Å². The summed E-state index contributed by atoms with van der Waals surface area (Å²) in [5.74, 6) is 0.542.